The summed E-state index contributed by atoms with van der Waals surface area (Å²) in [6.45, 7) is 6.66. The molecule has 9 nitrogen and oxygen atoms in total. The maximum Gasteiger partial charge on any atom is 0.229 e. The van der Waals surface area contributed by atoms with Gasteiger partial charge in [-0.15, -0.1) is 5.10 Å². The molecule has 2 aromatic rings. The molecule has 1 amide bonds. The van der Waals surface area contributed by atoms with Crippen molar-refractivity contribution in [1.82, 2.24) is 29.9 Å². The molecular weight excluding hydrogens is 310 g/mol. The van der Waals surface area contributed by atoms with E-state index in [1.165, 1.54) is 6.33 Å². The molecule has 9 heteroatoms. The SMILES string of the molecule is CC1CN(C(=O)C2CN(c3ncnc4c3nnn4C)C2)CC(C)O1. The summed E-state index contributed by atoms with van der Waals surface area (Å²) in [6, 6.07) is 0. The van der Waals surface area contributed by atoms with Gasteiger partial charge < -0.3 is 14.5 Å². The Bertz CT molecular complexity index is 760. The van der Waals surface area contributed by atoms with Crippen LogP contribution in [0.5, 0.6) is 0 Å². The number of amides is 1. The molecule has 0 N–H and O–H groups in total. The van der Waals surface area contributed by atoms with Crippen LogP contribution < -0.4 is 4.90 Å². The van der Waals surface area contributed by atoms with Crippen molar-refractivity contribution in [2.75, 3.05) is 31.1 Å². The van der Waals surface area contributed by atoms with Crippen LogP contribution in [0.25, 0.3) is 11.2 Å². The molecule has 0 bridgehead atoms. The summed E-state index contributed by atoms with van der Waals surface area (Å²) in [4.78, 5) is 25.2. The summed E-state index contributed by atoms with van der Waals surface area (Å²) in [5.74, 6) is 0.961. The molecule has 128 valence electrons. The number of aryl methyl sites for hydroxylation is 1. The van der Waals surface area contributed by atoms with Gasteiger partial charge in [-0.25, -0.2) is 14.6 Å². The second-order valence-electron chi connectivity index (χ2n) is 6.68. The van der Waals surface area contributed by atoms with Crippen LogP contribution in [-0.2, 0) is 16.6 Å². The first-order valence-electron chi connectivity index (χ1n) is 8.22. The molecule has 0 spiro atoms. The lowest BCUT2D eigenvalue weighted by Crippen LogP contribution is -2.58. The van der Waals surface area contributed by atoms with E-state index >= 15 is 0 Å². The number of anilines is 1. The smallest absolute Gasteiger partial charge is 0.229 e. The molecule has 2 fully saturated rings. The number of ether oxygens (including phenoxy) is 1. The number of aromatic nitrogens is 5. The van der Waals surface area contributed by atoms with Crippen LogP contribution in [0.2, 0.25) is 0 Å². The number of carbonyl (C=O) groups excluding carboxylic acids is 1. The first-order chi connectivity index (χ1) is 11.5. The number of fused-ring (bicyclic) bond motifs is 1. The Morgan fingerprint density at radius 1 is 1.17 bits per heavy atom. The van der Waals surface area contributed by atoms with Gasteiger partial charge >= 0.3 is 0 Å². The fourth-order valence-electron chi connectivity index (χ4n) is 3.50. The molecule has 2 aliphatic rings. The first-order valence-corrected chi connectivity index (χ1v) is 8.22. The lowest BCUT2D eigenvalue weighted by molar-refractivity contribution is -0.148. The molecule has 2 saturated heterocycles. The highest BCUT2D eigenvalue weighted by Crippen LogP contribution is 2.28. The third-order valence-corrected chi connectivity index (χ3v) is 4.63. The summed E-state index contributed by atoms with van der Waals surface area (Å²) in [6.07, 6.45) is 1.70. The zero-order chi connectivity index (χ0) is 16.8. The molecule has 2 aromatic heterocycles. The van der Waals surface area contributed by atoms with Crippen molar-refractivity contribution < 1.29 is 9.53 Å². The predicted molar refractivity (Wildman–Crippen MR) is 86.4 cm³/mol. The van der Waals surface area contributed by atoms with Crippen molar-refractivity contribution in [2.24, 2.45) is 13.0 Å². The Balaban J connectivity index is 1.45. The fraction of sp³-hybridized carbons (Fsp3) is 0.667. The van der Waals surface area contributed by atoms with E-state index in [0.717, 1.165) is 5.82 Å². The van der Waals surface area contributed by atoms with Crippen LogP contribution in [-0.4, -0.2) is 74.2 Å². The first kappa shape index (κ1) is 15.3. The Morgan fingerprint density at radius 3 is 2.58 bits per heavy atom. The second kappa shape index (κ2) is 5.66. The summed E-state index contributed by atoms with van der Waals surface area (Å²) in [5, 5.41) is 8.12. The van der Waals surface area contributed by atoms with E-state index < -0.39 is 0 Å². The van der Waals surface area contributed by atoms with Crippen LogP contribution in [0.4, 0.5) is 5.82 Å². The topological polar surface area (TPSA) is 89.3 Å². The molecule has 2 unspecified atom stereocenters. The molecule has 0 saturated carbocycles. The molecule has 24 heavy (non-hydrogen) atoms. The van der Waals surface area contributed by atoms with Gasteiger partial charge in [0.05, 0.1) is 18.1 Å². The maximum atomic E-state index is 12.7. The molecule has 0 aromatic carbocycles. The van der Waals surface area contributed by atoms with E-state index in [9.17, 15) is 4.79 Å². The third kappa shape index (κ3) is 2.48. The minimum absolute atomic E-state index is 0.00388. The number of carbonyl (C=O) groups is 1. The van der Waals surface area contributed by atoms with Crippen molar-refractivity contribution >= 4 is 22.9 Å². The summed E-state index contributed by atoms with van der Waals surface area (Å²) in [7, 11) is 1.80. The number of hydrogen-bond acceptors (Lipinski definition) is 7. The number of morpholine rings is 1. The third-order valence-electron chi connectivity index (χ3n) is 4.63. The van der Waals surface area contributed by atoms with Gasteiger partial charge in [-0.3, -0.25) is 4.79 Å². The van der Waals surface area contributed by atoms with Crippen LogP contribution >= 0.6 is 0 Å². The highest BCUT2D eigenvalue weighted by atomic mass is 16.5. The van der Waals surface area contributed by atoms with E-state index in [1.54, 1.807) is 11.7 Å². The number of rotatable bonds is 2. The number of hydrogen-bond donors (Lipinski definition) is 0. The molecule has 0 radical (unpaired) electrons. The average molecular weight is 331 g/mol. The lowest BCUT2D eigenvalue weighted by Gasteiger charge is -2.43. The molecule has 0 aliphatic carbocycles. The lowest BCUT2D eigenvalue weighted by atomic mass is 9.97. The van der Waals surface area contributed by atoms with Gasteiger partial charge in [-0.05, 0) is 13.8 Å². The van der Waals surface area contributed by atoms with Gasteiger partial charge in [0.15, 0.2) is 17.0 Å². The van der Waals surface area contributed by atoms with Gasteiger partial charge in [0.2, 0.25) is 5.91 Å². The summed E-state index contributed by atoms with van der Waals surface area (Å²) in [5.41, 5.74) is 1.38. The highest BCUT2D eigenvalue weighted by Gasteiger charge is 2.39. The Hall–Kier alpha value is -2.29. The monoisotopic (exact) mass is 331 g/mol. The van der Waals surface area contributed by atoms with Gasteiger partial charge in [0.25, 0.3) is 0 Å². The van der Waals surface area contributed by atoms with E-state index in [-0.39, 0.29) is 24.0 Å². The largest absolute Gasteiger partial charge is 0.372 e. The minimum Gasteiger partial charge on any atom is -0.372 e. The van der Waals surface area contributed by atoms with E-state index in [1.807, 2.05) is 18.7 Å². The van der Waals surface area contributed by atoms with E-state index in [4.69, 9.17) is 4.74 Å². The van der Waals surface area contributed by atoms with Crippen molar-refractivity contribution in [3.8, 4) is 0 Å². The van der Waals surface area contributed by atoms with E-state index in [2.05, 4.69) is 25.2 Å². The predicted octanol–water partition coefficient (Wildman–Crippen LogP) is -0.170. The average Bonchev–Trinajstić information content (AvgIpc) is 2.87. The van der Waals surface area contributed by atoms with Gasteiger partial charge in [-0.1, -0.05) is 5.21 Å². The summed E-state index contributed by atoms with van der Waals surface area (Å²) < 4.78 is 7.32. The molecule has 4 rings (SSSR count). The van der Waals surface area contributed by atoms with E-state index in [0.29, 0.717) is 37.3 Å². The Labute approximate surface area is 139 Å². The van der Waals surface area contributed by atoms with Crippen LogP contribution in [0, 0.1) is 5.92 Å². The van der Waals surface area contributed by atoms with Gasteiger partial charge in [0.1, 0.15) is 6.33 Å². The minimum atomic E-state index is 0.00388. The standard InChI is InChI=1S/C15H21N7O2/c1-9-4-22(5-10(2)24-9)15(23)11-6-21(7-11)14-12-13(16-8-17-14)20(3)19-18-12/h8-11H,4-7H2,1-3H3. The molecule has 2 aliphatic heterocycles. The maximum absolute atomic E-state index is 12.7. The molecular formula is C15H21N7O2. The van der Waals surface area contributed by atoms with Gasteiger partial charge in [-0.2, -0.15) is 0 Å². The highest BCUT2D eigenvalue weighted by molar-refractivity contribution is 5.86. The van der Waals surface area contributed by atoms with Gasteiger partial charge in [0, 0.05) is 33.2 Å². The number of nitrogens with zero attached hydrogens (tertiary/aromatic N) is 7. The molecule has 4 heterocycles. The Morgan fingerprint density at radius 2 is 1.88 bits per heavy atom. The Kier molecular flexibility index (Phi) is 3.60. The van der Waals surface area contributed by atoms with Crippen LogP contribution in [0.3, 0.4) is 0 Å². The quantitative estimate of drug-likeness (QED) is 0.755. The normalized spacial score (nSPS) is 25.1. The summed E-state index contributed by atoms with van der Waals surface area (Å²) >= 11 is 0. The van der Waals surface area contributed by atoms with Crippen molar-refractivity contribution in [2.45, 2.75) is 26.1 Å². The molecule has 2 atom stereocenters. The fourth-order valence-corrected chi connectivity index (χ4v) is 3.50. The van der Waals surface area contributed by atoms with Crippen molar-refractivity contribution in [3.63, 3.8) is 0 Å². The van der Waals surface area contributed by atoms with Crippen LogP contribution in [0.1, 0.15) is 13.8 Å². The zero-order valence-corrected chi connectivity index (χ0v) is 14.1. The second-order valence-corrected chi connectivity index (χ2v) is 6.68. The van der Waals surface area contributed by atoms with Crippen molar-refractivity contribution in [1.29, 1.82) is 0 Å². The zero-order valence-electron chi connectivity index (χ0n) is 14.1. The van der Waals surface area contributed by atoms with Crippen molar-refractivity contribution in [3.05, 3.63) is 6.33 Å². The van der Waals surface area contributed by atoms with Crippen LogP contribution in [0.15, 0.2) is 6.33 Å².